The summed E-state index contributed by atoms with van der Waals surface area (Å²) in [5, 5.41) is 0. The van der Waals surface area contributed by atoms with Crippen molar-refractivity contribution in [3.05, 3.63) is 22.7 Å². The number of nitrogens with zero attached hydrogens (tertiary/aromatic N) is 1. The molecule has 0 radical (unpaired) electrons. The third-order valence-corrected chi connectivity index (χ3v) is 6.47. The largest absolute Gasteiger partial charge is 0.398 e. The predicted molar refractivity (Wildman–Crippen MR) is 75.2 cm³/mol. The summed E-state index contributed by atoms with van der Waals surface area (Å²) < 4.78 is 38.0. The topological polar surface area (TPSA) is 80.5 Å². The van der Waals surface area contributed by atoms with Gasteiger partial charge in [-0.1, -0.05) is 15.9 Å². The molecule has 1 heterocycles. The van der Waals surface area contributed by atoms with Crippen LogP contribution in [0.25, 0.3) is 0 Å². The summed E-state index contributed by atoms with van der Waals surface area (Å²) in [6, 6.07) is 4.70. The first kappa shape index (κ1) is 14.0. The molecule has 2 N–H and O–H groups in total. The SMILES string of the molecule is Nc1cc(Br)ccc1S(=O)(=O)N1CCS(=O)CC1. The van der Waals surface area contributed by atoms with Crippen LogP contribution in [0.1, 0.15) is 0 Å². The van der Waals surface area contributed by atoms with Crippen LogP contribution in [0.2, 0.25) is 0 Å². The molecule has 0 saturated carbocycles. The molecule has 18 heavy (non-hydrogen) atoms. The first-order valence-electron chi connectivity index (χ1n) is 5.31. The molecule has 0 atom stereocenters. The summed E-state index contributed by atoms with van der Waals surface area (Å²) in [6.45, 7) is 0.564. The van der Waals surface area contributed by atoms with Crippen LogP contribution < -0.4 is 5.73 Å². The molecule has 0 aliphatic carbocycles. The molecule has 0 unspecified atom stereocenters. The number of nitrogen functional groups attached to an aromatic ring is 1. The zero-order chi connectivity index (χ0) is 13.3. The van der Waals surface area contributed by atoms with Crippen LogP contribution in [0.5, 0.6) is 0 Å². The molecule has 1 aliphatic heterocycles. The molecule has 0 aromatic heterocycles. The van der Waals surface area contributed by atoms with Crippen LogP contribution in [0.4, 0.5) is 5.69 Å². The highest BCUT2D eigenvalue weighted by atomic mass is 79.9. The summed E-state index contributed by atoms with van der Waals surface area (Å²) in [4.78, 5) is 0.110. The van der Waals surface area contributed by atoms with Gasteiger partial charge in [0.1, 0.15) is 4.90 Å². The van der Waals surface area contributed by atoms with E-state index in [1.165, 1.54) is 10.4 Å². The molecule has 1 fully saturated rings. The standard InChI is InChI=1S/C10H13BrN2O3S2/c11-8-1-2-10(9(12)7-8)18(15,16)13-3-5-17(14)6-4-13/h1-2,7H,3-6,12H2. The van der Waals surface area contributed by atoms with Gasteiger partial charge < -0.3 is 5.73 Å². The molecule has 1 aliphatic rings. The quantitative estimate of drug-likeness (QED) is 0.797. The van der Waals surface area contributed by atoms with Crippen LogP contribution in [0, 0.1) is 0 Å². The molecule has 1 aromatic carbocycles. The van der Waals surface area contributed by atoms with Gasteiger partial charge in [-0.05, 0) is 18.2 Å². The van der Waals surface area contributed by atoms with Crippen molar-refractivity contribution in [2.45, 2.75) is 4.90 Å². The molecule has 100 valence electrons. The van der Waals surface area contributed by atoms with Gasteiger partial charge in [-0.25, -0.2) is 8.42 Å². The van der Waals surface area contributed by atoms with Crippen LogP contribution in [-0.2, 0) is 20.8 Å². The molecular weight excluding hydrogens is 340 g/mol. The number of hydrogen-bond donors (Lipinski definition) is 1. The van der Waals surface area contributed by atoms with Gasteiger partial charge in [0, 0.05) is 39.9 Å². The molecular formula is C10H13BrN2O3S2. The van der Waals surface area contributed by atoms with E-state index in [1.54, 1.807) is 12.1 Å². The predicted octanol–water partition coefficient (Wildman–Crippen LogP) is 0.784. The molecule has 8 heteroatoms. The Morgan fingerprint density at radius 3 is 2.44 bits per heavy atom. The number of anilines is 1. The monoisotopic (exact) mass is 352 g/mol. The number of nitrogens with two attached hydrogens (primary N) is 1. The number of halogens is 1. The van der Waals surface area contributed by atoms with Gasteiger partial charge in [-0.3, -0.25) is 4.21 Å². The van der Waals surface area contributed by atoms with Crippen molar-refractivity contribution in [3.63, 3.8) is 0 Å². The maximum atomic E-state index is 12.4. The summed E-state index contributed by atoms with van der Waals surface area (Å²) in [5.41, 5.74) is 5.96. The van der Waals surface area contributed by atoms with Crippen LogP contribution in [-0.4, -0.2) is 41.5 Å². The van der Waals surface area contributed by atoms with Gasteiger partial charge in [0.15, 0.2) is 0 Å². The first-order valence-corrected chi connectivity index (χ1v) is 9.03. The molecule has 0 amide bonds. The molecule has 2 rings (SSSR count). The second kappa shape index (κ2) is 5.28. The van der Waals surface area contributed by atoms with E-state index >= 15 is 0 Å². The van der Waals surface area contributed by atoms with E-state index in [1.807, 2.05) is 0 Å². The molecule has 0 bridgehead atoms. The zero-order valence-electron chi connectivity index (χ0n) is 9.50. The van der Waals surface area contributed by atoms with Crippen molar-refractivity contribution in [3.8, 4) is 0 Å². The highest BCUT2D eigenvalue weighted by Gasteiger charge is 2.29. The van der Waals surface area contributed by atoms with E-state index in [9.17, 15) is 12.6 Å². The van der Waals surface area contributed by atoms with Gasteiger partial charge in [0.05, 0.1) is 5.69 Å². The molecule has 1 saturated heterocycles. The zero-order valence-corrected chi connectivity index (χ0v) is 12.7. The number of hydrogen-bond acceptors (Lipinski definition) is 4. The van der Waals surface area contributed by atoms with Crippen molar-refractivity contribution in [2.24, 2.45) is 0 Å². The van der Waals surface area contributed by atoms with Crippen molar-refractivity contribution >= 4 is 42.4 Å². The molecule has 5 nitrogen and oxygen atoms in total. The first-order chi connectivity index (χ1) is 8.41. The lowest BCUT2D eigenvalue weighted by molar-refractivity contribution is 0.439. The number of sulfonamides is 1. The van der Waals surface area contributed by atoms with Gasteiger partial charge in [0.25, 0.3) is 0 Å². The van der Waals surface area contributed by atoms with Crippen LogP contribution in [0.15, 0.2) is 27.6 Å². The number of rotatable bonds is 2. The van der Waals surface area contributed by atoms with E-state index in [0.29, 0.717) is 11.5 Å². The second-order valence-corrected chi connectivity index (χ2v) is 8.45. The Morgan fingerprint density at radius 2 is 1.89 bits per heavy atom. The lowest BCUT2D eigenvalue weighted by atomic mass is 10.3. The van der Waals surface area contributed by atoms with E-state index in [-0.39, 0.29) is 23.7 Å². The summed E-state index contributed by atoms with van der Waals surface area (Å²) >= 11 is 3.24. The normalized spacial score (nSPS) is 18.9. The van der Waals surface area contributed by atoms with Crippen LogP contribution in [0.3, 0.4) is 0 Å². The summed E-state index contributed by atoms with van der Waals surface area (Å²) in [7, 11) is -4.49. The Morgan fingerprint density at radius 1 is 1.28 bits per heavy atom. The van der Waals surface area contributed by atoms with E-state index in [4.69, 9.17) is 5.73 Å². The molecule has 1 aromatic rings. The molecule has 0 spiro atoms. The fourth-order valence-electron chi connectivity index (χ4n) is 1.75. The number of benzene rings is 1. The minimum atomic E-state index is -3.58. The van der Waals surface area contributed by atoms with E-state index in [0.717, 1.165) is 4.47 Å². The Hall–Kier alpha value is -0.440. The Labute approximate surface area is 117 Å². The van der Waals surface area contributed by atoms with Crippen molar-refractivity contribution in [2.75, 3.05) is 30.3 Å². The second-order valence-electron chi connectivity index (χ2n) is 3.93. The fraction of sp³-hybridized carbons (Fsp3) is 0.400. The third-order valence-electron chi connectivity index (χ3n) is 2.73. The minimum Gasteiger partial charge on any atom is -0.398 e. The van der Waals surface area contributed by atoms with Gasteiger partial charge >= 0.3 is 0 Å². The van der Waals surface area contributed by atoms with Crippen molar-refractivity contribution in [1.29, 1.82) is 0 Å². The van der Waals surface area contributed by atoms with Crippen molar-refractivity contribution < 1.29 is 12.6 Å². The van der Waals surface area contributed by atoms with Gasteiger partial charge in [0.2, 0.25) is 10.0 Å². The Bertz CT molecular complexity index is 579. The average molecular weight is 353 g/mol. The van der Waals surface area contributed by atoms with E-state index < -0.39 is 20.8 Å². The third kappa shape index (κ3) is 2.76. The maximum Gasteiger partial charge on any atom is 0.245 e. The lowest BCUT2D eigenvalue weighted by Crippen LogP contribution is -2.41. The lowest BCUT2D eigenvalue weighted by Gasteiger charge is -2.26. The highest BCUT2D eigenvalue weighted by Crippen LogP contribution is 2.26. The van der Waals surface area contributed by atoms with Gasteiger partial charge in [-0.2, -0.15) is 4.31 Å². The Balaban J connectivity index is 2.33. The Kier molecular flexibility index (Phi) is 4.10. The maximum absolute atomic E-state index is 12.4. The summed E-state index contributed by atoms with van der Waals surface area (Å²) in [5.74, 6) is 0.769. The highest BCUT2D eigenvalue weighted by molar-refractivity contribution is 9.10. The minimum absolute atomic E-state index is 0.110. The summed E-state index contributed by atoms with van der Waals surface area (Å²) in [6.07, 6.45) is 0. The van der Waals surface area contributed by atoms with E-state index in [2.05, 4.69) is 15.9 Å². The van der Waals surface area contributed by atoms with Crippen LogP contribution >= 0.6 is 15.9 Å². The van der Waals surface area contributed by atoms with Gasteiger partial charge in [-0.15, -0.1) is 0 Å². The van der Waals surface area contributed by atoms with Crippen molar-refractivity contribution in [1.82, 2.24) is 4.31 Å². The fourth-order valence-corrected chi connectivity index (χ4v) is 4.96. The smallest absolute Gasteiger partial charge is 0.245 e. The average Bonchev–Trinajstić information content (AvgIpc) is 2.29.